The third-order valence-corrected chi connectivity index (χ3v) is 6.44. The molecule has 4 heterocycles. The van der Waals surface area contributed by atoms with E-state index in [1.807, 2.05) is 43.3 Å². The predicted molar refractivity (Wildman–Crippen MR) is 102 cm³/mol. The van der Waals surface area contributed by atoms with Crippen LogP contribution in [0.3, 0.4) is 0 Å². The van der Waals surface area contributed by atoms with E-state index in [-0.39, 0.29) is 12.1 Å². The first kappa shape index (κ1) is 15.8. The second kappa shape index (κ2) is 4.99. The molecule has 4 bridgehead atoms. The number of rotatable bonds is 0. The molecule has 0 N–H and O–H groups in total. The zero-order valence-electron chi connectivity index (χ0n) is 15.8. The number of guanidine groups is 1. The van der Waals surface area contributed by atoms with E-state index in [9.17, 15) is 5.26 Å². The number of ether oxygens (including phenoxy) is 2. The van der Waals surface area contributed by atoms with Crippen LogP contribution < -0.4 is 9.47 Å². The molecule has 2 aromatic carbocycles. The third kappa shape index (κ3) is 1.84. The van der Waals surface area contributed by atoms with E-state index in [1.165, 1.54) is 0 Å². The maximum Gasteiger partial charge on any atom is 0.217 e. The average molecular weight is 372 g/mol. The van der Waals surface area contributed by atoms with Crippen LogP contribution in [0.25, 0.3) is 0 Å². The van der Waals surface area contributed by atoms with Gasteiger partial charge in [-0.05, 0) is 26.0 Å². The SMILES string of the molecule is C[C@]12C[C@H](c3ccccc3O1)N1C(=NC3C[C@]1(C)Oc1ccccc13)N2C#N. The summed E-state index contributed by atoms with van der Waals surface area (Å²) in [7, 11) is 0. The van der Waals surface area contributed by atoms with Crippen molar-refractivity contribution >= 4 is 5.96 Å². The molecule has 6 heteroatoms. The highest BCUT2D eigenvalue weighted by atomic mass is 16.5. The summed E-state index contributed by atoms with van der Waals surface area (Å²) in [5.41, 5.74) is 0.853. The van der Waals surface area contributed by atoms with Gasteiger partial charge in [-0.1, -0.05) is 36.4 Å². The van der Waals surface area contributed by atoms with Gasteiger partial charge in [0.05, 0.1) is 12.1 Å². The smallest absolute Gasteiger partial charge is 0.217 e. The average Bonchev–Trinajstić information content (AvgIpc) is 2.67. The molecule has 0 aliphatic carbocycles. The lowest BCUT2D eigenvalue weighted by molar-refractivity contribution is -0.148. The van der Waals surface area contributed by atoms with Crippen LogP contribution in [0.15, 0.2) is 53.5 Å². The Hall–Kier alpha value is -3.20. The first-order valence-electron chi connectivity index (χ1n) is 9.65. The Labute approximate surface area is 163 Å². The lowest BCUT2D eigenvalue weighted by Gasteiger charge is -2.61. The van der Waals surface area contributed by atoms with Crippen molar-refractivity contribution in [3.63, 3.8) is 0 Å². The number of hydrogen-bond donors (Lipinski definition) is 0. The maximum atomic E-state index is 10.0. The fourth-order valence-corrected chi connectivity index (χ4v) is 5.23. The van der Waals surface area contributed by atoms with Crippen LogP contribution in [0.5, 0.6) is 11.5 Å². The van der Waals surface area contributed by atoms with E-state index in [0.29, 0.717) is 12.4 Å². The summed E-state index contributed by atoms with van der Waals surface area (Å²) in [5.74, 6) is 2.34. The molecule has 6 rings (SSSR count). The molecule has 0 amide bonds. The Balaban J connectivity index is 1.60. The van der Waals surface area contributed by atoms with Crippen molar-refractivity contribution in [1.82, 2.24) is 9.80 Å². The minimum atomic E-state index is -0.759. The molecule has 1 unspecified atom stereocenters. The van der Waals surface area contributed by atoms with Gasteiger partial charge in [0.2, 0.25) is 5.96 Å². The molecule has 0 aromatic heterocycles. The summed E-state index contributed by atoms with van der Waals surface area (Å²) in [6.07, 6.45) is 3.76. The summed E-state index contributed by atoms with van der Waals surface area (Å²) in [6, 6.07) is 16.2. The Kier molecular flexibility index (Phi) is 2.82. The van der Waals surface area contributed by atoms with Crippen molar-refractivity contribution in [2.75, 3.05) is 0 Å². The molecule has 0 spiro atoms. The van der Waals surface area contributed by atoms with Crippen molar-refractivity contribution in [3.8, 4) is 17.7 Å². The van der Waals surface area contributed by atoms with Crippen LogP contribution >= 0.6 is 0 Å². The molecule has 4 aliphatic rings. The number of benzene rings is 2. The minimum absolute atomic E-state index is 0.0327. The Morgan fingerprint density at radius 3 is 2.36 bits per heavy atom. The van der Waals surface area contributed by atoms with Crippen molar-refractivity contribution in [2.45, 2.75) is 50.2 Å². The standard InChI is InChI=1S/C22H20N4O2/c1-21-12-17(15-8-4-6-10-19(15)27-21)26-20(25(21)13-23)24-16-11-22(26,2)28-18-9-5-3-7-14(16)18/h3-10,16-17H,11-12H2,1-2H3/t16?,17-,21-,22+/m1/s1. The van der Waals surface area contributed by atoms with E-state index >= 15 is 0 Å². The topological polar surface area (TPSA) is 61.1 Å². The van der Waals surface area contributed by atoms with Crippen molar-refractivity contribution in [1.29, 1.82) is 5.26 Å². The van der Waals surface area contributed by atoms with E-state index < -0.39 is 11.4 Å². The summed E-state index contributed by atoms with van der Waals surface area (Å²) in [6.45, 7) is 4.08. The normalized spacial score (nSPS) is 34.0. The Morgan fingerprint density at radius 2 is 1.61 bits per heavy atom. The van der Waals surface area contributed by atoms with Gasteiger partial charge in [-0.25, -0.2) is 9.89 Å². The van der Waals surface area contributed by atoms with Crippen LogP contribution in [-0.2, 0) is 0 Å². The molecule has 1 saturated heterocycles. The summed E-state index contributed by atoms with van der Waals surface area (Å²) in [5, 5.41) is 10.0. The molecule has 2 aromatic rings. The fourth-order valence-electron chi connectivity index (χ4n) is 5.23. The molecule has 28 heavy (non-hydrogen) atoms. The van der Waals surface area contributed by atoms with E-state index in [0.717, 1.165) is 29.0 Å². The summed E-state index contributed by atoms with van der Waals surface area (Å²) in [4.78, 5) is 8.88. The second-order valence-corrected chi connectivity index (χ2v) is 8.30. The zero-order chi connectivity index (χ0) is 19.1. The number of fused-ring (bicyclic) bond motifs is 11. The highest BCUT2D eigenvalue weighted by Crippen LogP contribution is 2.55. The third-order valence-electron chi connectivity index (χ3n) is 6.44. The molecular weight excluding hydrogens is 352 g/mol. The minimum Gasteiger partial charge on any atom is -0.468 e. The first-order chi connectivity index (χ1) is 13.5. The molecule has 140 valence electrons. The van der Waals surface area contributed by atoms with Gasteiger partial charge in [0, 0.05) is 24.0 Å². The van der Waals surface area contributed by atoms with E-state index in [4.69, 9.17) is 14.5 Å². The lowest BCUT2D eigenvalue weighted by atomic mass is 9.83. The first-order valence-corrected chi connectivity index (χ1v) is 9.65. The number of hydrogen-bond acceptors (Lipinski definition) is 6. The maximum absolute atomic E-state index is 10.0. The van der Waals surface area contributed by atoms with Crippen LogP contribution in [-0.4, -0.2) is 27.2 Å². The Morgan fingerprint density at radius 1 is 0.964 bits per heavy atom. The molecule has 1 fully saturated rings. The van der Waals surface area contributed by atoms with Crippen LogP contribution in [0, 0.1) is 11.5 Å². The quantitative estimate of drug-likeness (QED) is 0.656. The predicted octanol–water partition coefficient (Wildman–Crippen LogP) is 3.93. The van der Waals surface area contributed by atoms with E-state index in [1.54, 1.807) is 4.90 Å². The molecule has 6 nitrogen and oxygen atoms in total. The molecular formula is C22H20N4O2. The van der Waals surface area contributed by atoms with Crippen LogP contribution in [0.2, 0.25) is 0 Å². The van der Waals surface area contributed by atoms with Crippen LogP contribution in [0.4, 0.5) is 0 Å². The second-order valence-electron chi connectivity index (χ2n) is 8.30. The summed E-state index contributed by atoms with van der Waals surface area (Å²) < 4.78 is 12.9. The monoisotopic (exact) mass is 372 g/mol. The Bertz CT molecular complexity index is 1080. The van der Waals surface area contributed by atoms with Gasteiger partial charge in [-0.3, -0.25) is 4.90 Å². The zero-order valence-corrected chi connectivity index (χ0v) is 15.8. The number of aliphatic imine (C=N–C) groups is 1. The number of nitrogens with zero attached hydrogens (tertiary/aromatic N) is 4. The van der Waals surface area contributed by atoms with Crippen LogP contribution in [0.1, 0.15) is 49.9 Å². The van der Waals surface area contributed by atoms with Gasteiger partial charge < -0.3 is 9.47 Å². The molecule has 0 radical (unpaired) electrons. The van der Waals surface area contributed by atoms with Gasteiger partial charge in [-0.15, -0.1) is 0 Å². The lowest BCUT2D eigenvalue weighted by Crippen LogP contribution is -2.71. The number of nitriles is 1. The largest absolute Gasteiger partial charge is 0.468 e. The van der Waals surface area contributed by atoms with Crippen molar-refractivity contribution < 1.29 is 9.47 Å². The van der Waals surface area contributed by atoms with Gasteiger partial charge in [0.1, 0.15) is 11.5 Å². The van der Waals surface area contributed by atoms with Crippen molar-refractivity contribution in [3.05, 3.63) is 59.7 Å². The van der Waals surface area contributed by atoms with Crippen molar-refractivity contribution in [2.24, 2.45) is 4.99 Å². The van der Waals surface area contributed by atoms with Gasteiger partial charge in [0.15, 0.2) is 17.6 Å². The highest BCUT2D eigenvalue weighted by molar-refractivity contribution is 5.86. The number of para-hydroxylation sites is 2. The highest BCUT2D eigenvalue weighted by Gasteiger charge is 2.60. The molecule has 4 aliphatic heterocycles. The fraction of sp³-hybridized carbons (Fsp3) is 0.364. The molecule has 4 atom stereocenters. The molecule has 0 saturated carbocycles. The van der Waals surface area contributed by atoms with Gasteiger partial charge in [0.25, 0.3) is 0 Å². The van der Waals surface area contributed by atoms with Gasteiger partial charge in [-0.2, -0.15) is 5.26 Å². The van der Waals surface area contributed by atoms with E-state index in [2.05, 4.69) is 30.1 Å². The van der Waals surface area contributed by atoms with Gasteiger partial charge >= 0.3 is 0 Å². The summed E-state index contributed by atoms with van der Waals surface area (Å²) >= 11 is 0.